The van der Waals surface area contributed by atoms with Gasteiger partial charge in [-0.05, 0) is 48.3 Å². The zero-order valence-corrected chi connectivity index (χ0v) is 16.2. The fourth-order valence-corrected chi connectivity index (χ4v) is 4.75. The first-order valence-corrected chi connectivity index (χ1v) is 9.46. The number of allylic oxidation sites excluding steroid dienone is 3. The highest BCUT2D eigenvalue weighted by Crippen LogP contribution is 2.65. The van der Waals surface area contributed by atoms with Crippen LogP contribution in [-0.4, -0.2) is 30.5 Å². The Labute approximate surface area is 166 Å². The van der Waals surface area contributed by atoms with Crippen molar-refractivity contribution in [2.24, 2.45) is 5.92 Å². The molecule has 1 amide bonds. The summed E-state index contributed by atoms with van der Waals surface area (Å²) in [5.41, 5.74) is 5.52. The predicted molar refractivity (Wildman–Crippen MR) is 111 cm³/mol. The van der Waals surface area contributed by atoms with Gasteiger partial charge in [-0.1, -0.05) is 24.8 Å². The average Bonchev–Trinajstić information content (AvgIpc) is 3.40. The molecule has 0 bridgehead atoms. The molecule has 5 nitrogen and oxygen atoms in total. The number of carbonyl (C=O) groups is 1. The van der Waals surface area contributed by atoms with Gasteiger partial charge < -0.3 is 15.0 Å². The van der Waals surface area contributed by atoms with Crippen molar-refractivity contribution >= 4 is 17.7 Å². The Morgan fingerprint density at radius 3 is 2.82 bits per heavy atom. The summed E-state index contributed by atoms with van der Waals surface area (Å²) in [4.78, 5) is 13.0. The average molecular weight is 375 g/mol. The van der Waals surface area contributed by atoms with Gasteiger partial charge in [0.15, 0.2) is 0 Å². The lowest BCUT2D eigenvalue weighted by molar-refractivity contribution is -0.105. The summed E-state index contributed by atoms with van der Waals surface area (Å²) in [6, 6.07) is 10.1. The lowest BCUT2D eigenvalue weighted by Gasteiger charge is -2.32. The second kappa shape index (κ2) is 6.72. The van der Waals surface area contributed by atoms with E-state index in [4.69, 9.17) is 4.74 Å². The number of nitriles is 1. The number of hydrogen-bond acceptors (Lipinski definition) is 4. The summed E-state index contributed by atoms with van der Waals surface area (Å²) in [5.74, 6) is 1.32. The Morgan fingerprint density at radius 1 is 1.46 bits per heavy atom. The molecular weight excluding hydrogens is 350 g/mol. The molecule has 1 heterocycles. The summed E-state index contributed by atoms with van der Waals surface area (Å²) in [7, 11) is 1.71. The highest BCUT2D eigenvalue weighted by Gasteiger charge is 2.67. The maximum atomic E-state index is 10.6. The van der Waals surface area contributed by atoms with E-state index >= 15 is 0 Å². The van der Waals surface area contributed by atoms with E-state index in [9.17, 15) is 10.1 Å². The lowest BCUT2D eigenvalue weighted by Crippen LogP contribution is -2.36. The second-order valence-corrected chi connectivity index (χ2v) is 7.33. The molecule has 2 atom stereocenters. The van der Waals surface area contributed by atoms with E-state index in [1.54, 1.807) is 7.11 Å². The maximum absolute atomic E-state index is 10.6. The van der Waals surface area contributed by atoms with E-state index in [0.717, 1.165) is 52.4 Å². The van der Waals surface area contributed by atoms with E-state index in [0.29, 0.717) is 18.7 Å². The van der Waals surface area contributed by atoms with Crippen molar-refractivity contribution in [3.8, 4) is 6.07 Å². The quantitative estimate of drug-likeness (QED) is 0.724. The molecular formula is C23H25N3O2. The Kier molecular flexibility index (Phi) is 4.35. The number of nitrogens with zero attached hydrogens (tertiary/aromatic N) is 2. The summed E-state index contributed by atoms with van der Waals surface area (Å²) >= 11 is 0. The van der Waals surface area contributed by atoms with E-state index in [2.05, 4.69) is 35.9 Å². The van der Waals surface area contributed by atoms with Crippen LogP contribution < -0.4 is 5.32 Å². The number of rotatable bonds is 7. The minimum absolute atomic E-state index is 0. The van der Waals surface area contributed by atoms with Crippen molar-refractivity contribution in [3.05, 3.63) is 71.2 Å². The third-order valence-electron chi connectivity index (χ3n) is 6.08. The van der Waals surface area contributed by atoms with Gasteiger partial charge in [0.05, 0.1) is 18.2 Å². The molecule has 2 unspecified atom stereocenters. The van der Waals surface area contributed by atoms with Gasteiger partial charge in [0.2, 0.25) is 6.41 Å². The third-order valence-corrected chi connectivity index (χ3v) is 6.08. The first-order valence-electron chi connectivity index (χ1n) is 9.46. The number of carbonyl (C=O) groups excluding carboxylic acids is 1. The zero-order chi connectivity index (χ0) is 19.9. The third kappa shape index (κ3) is 2.49. The highest BCUT2D eigenvalue weighted by atomic mass is 16.5. The Hall–Kier alpha value is -3.26. The van der Waals surface area contributed by atoms with Gasteiger partial charge in [-0.15, -0.1) is 0 Å². The van der Waals surface area contributed by atoms with Crippen LogP contribution in [0.1, 0.15) is 26.8 Å². The SMILES string of the molecule is C=C(CC1=C(C#N)C2=CC=C(OC)C3CC23N1CC)c1ccc(NC=O)cc1.[HH]. The molecule has 1 aromatic rings. The first kappa shape index (κ1) is 18.1. The number of benzene rings is 1. The van der Waals surface area contributed by atoms with Gasteiger partial charge in [-0.2, -0.15) is 5.26 Å². The van der Waals surface area contributed by atoms with E-state index < -0.39 is 0 Å². The van der Waals surface area contributed by atoms with Crippen LogP contribution in [0.3, 0.4) is 0 Å². The van der Waals surface area contributed by atoms with E-state index in [1.807, 2.05) is 30.3 Å². The number of likely N-dealkylation sites (N-methyl/N-ethyl adjacent to an activating group) is 1. The summed E-state index contributed by atoms with van der Waals surface area (Å²) in [5, 5.41) is 12.6. The predicted octanol–water partition coefficient (Wildman–Crippen LogP) is 4.25. The van der Waals surface area contributed by atoms with Crippen LogP contribution >= 0.6 is 0 Å². The molecule has 1 fully saturated rings. The van der Waals surface area contributed by atoms with Crippen LogP contribution in [0, 0.1) is 17.2 Å². The fourth-order valence-electron chi connectivity index (χ4n) is 4.75. The van der Waals surface area contributed by atoms with Crippen molar-refractivity contribution < 1.29 is 11.0 Å². The van der Waals surface area contributed by atoms with Crippen LogP contribution in [0.5, 0.6) is 0 Å². The van der Waals surface area contributed by atoms with Crippen molar-refractivity contribution in [3.63, 3.8) is 0 Å². The number of methoxy groups -OCH3 is 1. The normalized spacial score (nSPS) is 24.5. The summed E-state index contributed by atoms with van der Waals surface area (Å²) in [6.45, 7) is 7.24. The number of ether oxygens (including phenoxy) is 1. The van der Waals surface area contributed by atoms with Crippen molar-refractivity contribution in [1.82, 2.24) is 4.90 Å². The van der Waals surface area contributed by atoms with Crippen LogP contribution in [-0.2, 0) is 9.53 Å². The molecule has 0 saturated heterocycles. The largest absolute Gasteiger partial charge is 0.501 e. The molecule has 2 aliphatic carbocycles. The van der Waals surface area contributed by atoms with E-state index in [1.165, 1.54) is 0 Å². The molecule has 0 aromatic heterocycles. The topological polar surface area (TPSA) is 65.4 Å². The van der Waals surface area contributed by atoms with Crippen molar-refractivity contribution in [2.45, 2.75) is 25.3 Å². The minimum Gasteiger partial charge on any atom is -0.501 e. The van der Waals surface area contributed by atoms with E-state index in [-0.39, 0.29) is 6.97 Å². The second-order valence-electron chi connectivity index (χ2n) is 7.33. The lowest BCUT2D eigenvalue weighted by atomic mass is 9.93. The molecule has 1 N–H and O–H groups in total. The Balaban J connectivity index is 0.00000240. The highest BCUT2D eigenvalue weighted by molar-refractivity contribution is 5.75. The number of nitrogens with one attached hydrogen (secondary N) is 1. The molecule has 28 heavy (non-hydrogen) atoms. The van der Waals surface area contributed by atoms with Gasteiger partial charge in [-0.25, -0.2) is 0 Å². The van der Waals surface area contributed by atoms with Crippen LogP contribution in [0.15, 0.2) is 65.6 Å². The molecule has 1 aromatic carbocycles. The van der Waals surface area contributed by atoms with Gasteiger partial charge in [0, 0.05) is 31.7 Å². The first-order chi connectivity index (χ1) is 13.6. The molecule has 1 saturated carbocycles. The van der Waals surface area contributed by atoms with Crippen LogP contribution in [0.4, 0.5) is 5.69 Å². The Morgan fingerprint density at radius 2 is 2.21 bits per heavy atom. The molecule has 1 aliphatic heterocycles. The summed E-state index contributed by atoms with van der Waals surface area (Å²) < 4.78 is 5.57. The summed E-state index contributed by atoms with van der Waals surface area (Å²) in [6.07, 6.45) is 6.33. The van der Waals surface area contributed by atoms with Gasteiger partial charge in [-0.3, -0.25) is 4.79 Å². The molecule has 4 rings (SSSR count). The maximum Gasteiger partial charge on any atom is 0.211 e. The monoisotopic (exact) mass is 375 g/mol. The van der Waals surface area contributed by atoms with Crippen LogP contribution in [0.2, 0.25) is 0 Å². The molecule has 3 aliphatic rings. The van der Waals surface area contributed by atoms with Gasteiger partial charge in [0.25, 0.3) is 0 Å². The zero-order valence-electron chi connectivity index (χ0n) is 16.2. The molecule has 0 radical (unpaired) electrons. The molecule has 5 heteroatoms. The standard InChI is InChI=1S/C23H23N3O2.H2/c1-4-26-21(11-15(2)16-5-7-17(8-6-16)25-14-27)18(13-24)19-9-10-22(28-3)20-12-23(19,20)26;/h5-10,14,20H,2,4,11-12H2,1,3H3,(H,25,27);1H. The van der Waals surface area contributed by atoms with Crippen molar-refractivity contribution in [1.29, 1.82) is 5.26 Å². The smallest absolute Gasteiger partial charge is 0.211 e. The van der Waals surface area contributed by atoms with Crippen molar-refractivity contribution in [2.75, 3.05) is 19.0 Å². The Bertz CT molecular complexity index is 984. The molecule has 144 valence electrons. The number of hydrogen-bond donors (Lipinski definition) is 1. The van der Waals surface area contributed by atoms with Gasteiger partial charge >= 0.3 is 0 Å². The van der Waals surface area contributed by atoms with Crippen LogP contribution in [0.25, 0.3) is 5.57 Å². The van der Waals surface area contributed by atoms with Gasteiger partial charge in [0.1, 0.15) is 11.8 Å². The minimum atomic E-state index is -0.118. The number of amides is 1. The number of anilines is 1. The molecule has 1 spiro atoms. The fraction of sp³-hybridized carbons (Fsp3) is 0.304.